The molecule has 0 N–H and O–H groups in total. The summed E-state index contributed by atoms with van der Waals surface area (Å²) < 4.78 is 1.63. The van der Waals surface area contributed by atoms with Crippen molar-refractivity contribution < 1.29 is 0 Å². The molecule has 5 nitrogen and oxygen atoms in total. The Morgan fingerprint density at radius 2 is 2.20 bits per heavy atom. The molecule has 0 aromatic carbocycles. The molecule has 2 rings (SSSR count). The Kier molecular flexibility index (Phi) is 2.64. The summed E-state index contributed by atoms with van der Waals surface area (Å²) >= 11 is 5.64. The molecule has 0 unspecified atom stereocenters. The van der Waals surface area contributed by atoms with Crippen LogP contribution in [-0.2, 0) is 0 Å². The summed E-state index contributed by atoms with van der Waals surface area (Å²) in [5.74, 6) is 0.957. The first kappa shape index (κ1) is 10.0. The van der Waals surface area contributed by atoms with E-state index in [1.807, 2.05) is 12.3 Å². The van der Waals surface area contributed by atoms with Gasteiger partial charge in [-0.3, -0.25) is 0 Å². The number of nitrogens with zero attached hydrogens (tertiary/aromatic N) is 5. The molecule has 2 aromatic rings. The molecule has 0 fully saturated rings. The topological polar surface area (TPSA) is 56.5 Å². The van der Waals surface area contributed by atoms with Gasteiger partial charge in [0.15, 0.2) is 5.82 Å². The first-order chi connectivity index (χ1) is 7.16. The lowest BCUT2D eigenvalue weighted by Gasteiger charge is -2.00. The van der Waals surface area contributed by atoms with Gasteiger partial charge in [-0.05, 0) is 23.6 Å². The van der Waals surface area contributed by atoms with Crippen molar-refractivity contribution >= 4 is 11.6 Å². The zero-order valence-corrected chi connectivity index (χ0v) is 9.18. The molecule has 0 saturated carbocycles. The Morgan fingerprint density at radius 1 is 1.40 bits per heavy atom. The molecule has 0 saturated heterocycles. The quantitative estimate of drug-likeness (QED) is 0.780. The van der Waals surface area contributed by atoms with Crippen LogP contribution in [0.25, 0.3) is 5.82 Å². The maximum Gasteiger partial charge on any atom is 0.244 e. The number of hydrogen-bond acceptors (Lipinski definition) is 4. The minimum Gasteiger partial charge on any atom is -0.221 e. The van der Waals surface area contributed by atoms with Gasteiger partial charge in [-0.15, -0.1) is 5.10 Å². The molecular formula is C9H10ClN5. The molecular weight excluding hydrogens is 214 g/mol. The van der Waals surface area contributed by atoms with Crippen LogP contribution in [-0.4, -0.2) is 25.0 Å². The van der Waals surface area contributed by atoms with Crippen LogP contribution in [0.1, 0.15) is 25.5 Å². The fraction of sp³-hybridized carbons (Fsp3) is 0.333. The van der Waals surface area contributed by atoms with Gasteiger partial charge in [0.25, 0.3) is 0 Å². The highest BCUT2D eigenvalue weighted by Gasteiger charge is 2.06. The van der Waals surface area contributed by atoms with Crippen LogP contribution in [0.3, 0.4) is 0 Å². The van der Waals surface area contributed by atoms with Crippen LogP contribution in [0.4, 0.5) is 0 Å². The van der Waals surface area contributed by atoms with E-state index >= 15 is 0 Å². The second-order valence-electron chi connectivity index (χ2n) is 3.42. The molecule has 78 valence electrons. The van der Waals surface area contributed by atoms with Gasteiger partial charge in [0.1, 0.15) is 0 Å². The van der Waals surface area contributed by atoms with Crippen molar-refractivity contribution in [1.29, 1.82) is 0 Å². The van der Waals surface area contributed by atoms with E-state index < -0.39 is 0 Å². The molecule has 0 atom stereocenters. The first-order valence-corrected chi connectivity index (χ1v) is 4.96. The Hall–Kier alpha value is -1.49. The van der Waals surface area contributed by atoms with Crippen molar-refractivity contribution in [3.8, 4) is 5.82 Å². The van der Waals surface area contributed by atoms with Gasteiger partial charge in [0.2, 0.25) is 5.28 Å². The predicted octanol–water partition coefficient (Wildman–Crippen LogP) is 1.83. The van der Waals surface area contributed by atoms with Crippen LogP contribution < -0.4 is 0 Å². The Morgan fingerprint density at radius 3 is 2.80 bits per heavy atom. The first-order valence-electron chi connectivity index (χ1n) is 4.58. The van der Waals surface area contributed by atoms with E-state index in [-0.39, 0.29) is 5.28 Å². The fourth-order valence-corrected chi connectivity index (χ4v) is 1.29. The molecule has 0 radical (unpaired) electrons. The normalized spacial score (nSPS) is 10.9. The summed E-state index contributed by atoms with van der Waals surface area (Å²) in [7, 11) is 0. The highest BCUT2D eigenvalue weighted by Crippen LogP contribution is 2.12. The van der Waals surface area contributed by atoms with Crippen molar-refractivity contribution in [3.05, 3.63) is 29.4 Å². The molecule has 15 heavy (non-hydrogen) atoms. The monoisotopic (exact) mass is 223 g/mol. The van der Waals surface area contributed by atoms with E-state index in [1.54, 1.807) is 4.68 Å². The summed E-state index contributed by atoms with van der Waals surface area (Å²) in [5.41, 5.74) is 1.00. The zero-order chi connectivity index (χ0) is 10.8. The Bertz CT molecular complexity index is 465. The lowest BCUT2D eigenvalue weighted by atomic mass is 10.1. The number of aromatic nitrogens is 5. The maximum atomic E-state index is 5.64. The highest BCUT2D eigenvalue weighted by molar-refractivity contribution is 6.28. The van der Waals surface area contributed by atoms with Gasteiger partial charge < -0.3 is 0 Å². The third kappa shape index (κ3) is 2.12. The van der Waals surface area contributed by atoms with Gasteiger partial charge in [0, 0.05) is 6.20 Å². The minimum absolute atomic E-state index is 0.120. The van der Waals surface area contributed by atoms with Crippen molar-refractivity contribution in [1.82, 2.24) is 25.0 Å². The molecule has 0 aliphatic rings. The molecule has 0 aliphatic heterocycles. The lowest BCUT2D eigenvalue weighted by molar-refractivity contribution is 0.748. The average molecular weight is 224 g/mol. The van der Waals surface area contributed by atoms with Crippen LogP contribution in [0.2, 0.25) is 5.28 Å². The second kappa shape index (κ2) is 3.94. The Labute approximate surface area is 92.1 Å². The molecule has 6 heteroatoms. The number of hydrogen-bond donors (Lipinski definition) is 0. The van der Waals surface area contributed by atoms with Gasteiger partial charge in [-0.1, -0.05) is 13.8 Å². The number of rotatable bonds is 2. The maximum absolute atomic E-state index is 5.64. The van der Waals surface area contributed by atoms with Gasteiger partial charge in [-0.25, -0.2) is 4.68 Å². The van der Waals surface area contributed by atoms with E-state index in [4.69, 9.17) is 11.6 Å². The summed E-state index contributed by atoms with van der Waals surface area (Å²) in [6.45, 7) is 4.16. The fourth-order valence-electron chi connectivity index (χ4n) is 1.16. The molecule has 0 bridgehead atoms. The van der Waals surface area contributed by atoms with Crippen LogP contribution >= 0.6 is 11.6 Å². The Balaban J connectivity index is 2.37. The predicted molar refractivity (Wildman–Crippen MR) is 56.0 cm³/mol. The summed E-state index contributed by atoms with van der Waals surface area (Å²) in [5, 5.41) is 11.7. The molecule has 0 aliphatic carbocycles. The third-order valence-electron chi connectivity index (χ3n) is 1.96. The van der Waals surface area contributed by atoms with Gasteiger partial charge in [-0.2, -0.15) is 15.2 Å². The summed E-state index contributed by atoms with van der Waals surface area (Å²) in [6.07, 6.45) is 3.35. The summed E-state index contributed by atoms with van der Waals surface area (Å²) in [4.78, 5) is 4.01. The highest BCUT2D eigenvalue weighted by atomic mass is 35.5. The van der Waals surface area contributed by atoms with E-state index in [1.165, 1.54) is 6.20 Å². The minimum atomic E-state index is 0.120. The molecule has 2 heterocycles. The standard InChI is InChI=1S/C9H10ClN5/c1-6(2)7-3-4-15(14-7)8-5-11-13-9(10)12-8/h3-6H,1-2H3. The molecule has 0 spiro atoms. The van der Waals surface area contributed by atoms with Crippen LogP contribution in [0, 0.1) is 0 Å². The van der Waals surface area contributed by atoms with Crippen molar-refractivity contribution in [2.24, 2.45) is 0 Å². The largest absolute Gasteiger partial charge is 0.244 e. The van der Waals surface area contributed by atoms with Crippen LogP contribution in [0.5, 0.6) is 0 Å². The van der Waals surface area contributed by atoms with E-state index in [0.717, 1.165) is 5.69 Å². The average Bonchev–Trinajstić information content (AvgIpc) is 2.66. The van der Waals surface area contributed by atoms with Crippen LogP contribution in [0.15, 0.2) is 18.5 Å². The lowest BCUT2D eigenvalue weighted by Crippen LogP contribution is -2.02. The van der Waals surface area contributed by atoms with Crippen molar-refractivity contribution in [2.45, 2.75) is 19.8 Å². The van der Waals surface area contributed by atoms with Gasteiger partial charge >= 0.3 is 0 Å². The van der Waals surface area contributed by atoms with E-state index in [9.17, 15) is 0 Å². The molecule has 2 aromatic heterocycles. The second-order valence-corrected chi connectivity index (χ2v) is 3.76. The van der Waals surface area contributed by atoms with Crippen molar-refractivity contribution in [2.75, 3.05) is 0 Å². The zero-order valence-electron chi connectivity index (χ0n) is 8.42. The SMILES string of the molecule is CC(C)c1ccn(-c2cnnc(Cl)n2)n1. The number of halogens is 1. The summed E-state index contributed by atoms with van der Waals surface area (Å²) in [6, 6.07) is 1.95. The molecule has 0 amide bonds. The van der Waals surface area contributed by atoms with Crippen molar-refractivity contribution in [3.63, 3.8) is 0 Å². The van der Waals surface area contributed by atoms with E-state index in [0.29, 0.717) is 11.7 Å². The van der Waals surface area contributed by atoms with E-state index in [2.05, 4.69) is 34.1 Å². The van der Waals surface area contributed by atoms with Gasteiger partial charge in [0.05, 0.1) is 11.9 Å². The smallest absolute Gasteiger partial charge is 0.221 e. The third-order valence-corrected chi connectivity index (χ3v) is 2.12.